The number of alkyl halides is 2. The summed E-state index contributed by atoms with van der Waals surface area (Å²) in [4.78, 5) is 16.4. The SMILES string of the molecule is Cn1cc2c(c1C(=O)Nc1ccnc(C(F)F)c1)CC/C(=C/O)NS2(=N)=O. The van der Waals surface area contributed by atoms with Gasteiger partial charge in [0, 0.05) is 30.7 Å². The first-order valence-electron chi connectivity index (χ1n) is 7.86. The second-order valence-corrected chi connectivity index (χ2v) is 7.72. The molecule has 1 unspecified atom stereocenters. The van der Waals surface area contributed by atoms with E-state index in [0.29, 0.717) is 5.56 Å². The lowest BCUT2D eigenvalue weighted by Crippen LogP contribution is -2.20. The summed E-state index contributed by atoms with van der Waals surface area (Å²) in [7, 11) is -1.89. The van der Waals surface area contributed by atoms with Crippen molar-refractivity contribution in [2.45, 2.75) is 24.2 Å². The maximum atomic E-state index is 12.8. The molecule has 0 bridgehead atoms. The highest BCUT2D eigenvalue weighted by molar-refractivity contribution is 7.90. The van der Waals surface area contributed by atoms with Gasteiger partial charge in [-0.3, -0.25) is 14.5 Å². The predicted molar refractivity (Wildman–Crippen MR) is 93.9 cm³/mol. The summed E-state index contributed by atoms with van der Waals surface area (Å²) >= 11 is 0. The number of aliphatic hydroxyl groups is 1. The van der Waals surface area contributed by atoms with Crippen LogP contribution in [0.25, 0.3) is 0 Å². The van der Waals surface area contributed by atoms with Crippen LogP contribution in [0.4, 0.5) is 14.5 Å². The quantitative estimate of drug-likeness (QED) is 0.595. The average molecular weight is 397 g/mol. The highest BCUT2D eigenvalue weighted by atomic mass is 32.2. The van der Waals surface area contributed by atoms with E-state index in [0.717, 1.165) is 12.3 Å². The number of nitrogens with zero attached hydrogens (tertiary/aromatic N) is 2. The molecule has 2 aromatic rings. The molecular formula is C16H17F2N5O3S. The molecule has 3 heterocycles. The Labute approximate surface area is 154 Å². The number of carbonyl (C=O) groups excluding carboxylic acids is 1. The lowest BCUT2D eigenvalue weighted by Gasteiger charge is -2.09. The van der Waals surface area contributed by atoms with E-state index >= 15 is 0 Å². The predicted octanol–water partition coefficient (Wildman–Crippen LogP) is 2.87. The van der Waals surface area contributed by atoms with Gasteiger partial charge in [-0.05, 0) is 25.0 Å². The number of amides is 1. The van der Waals surface area contributed by atoms with Crippen LogP contribution in [0.2, 0.25) is 0 Å². The fraction of sp³-hybridized carbons (Fsp3) is 0.250. The Kier molecular flexibility index (Phi) is 4.87. The molecule has 4 N–H and O–H groups in total. The van der Waals surface area contributed by atoms with Crippen molar-refractivity contribution < 1.29 is 22.9 Å². The largest absolute Gasteiger partial charge is 0.514 e. The van der Waals surface area contributed by atoms with Gasteiger partial charge in [-0.15, -0.1) is 0 Å². The Balaban J connectivity index is 1.98. The highest BCUT2D eigenvalue weighted by Crippen LogP contribution is 2.29. The van der Waals surface area contributed by atoms with Crippen molar-refractivity contribution in [3.63, 3.8) is 0 Å². The van der Waals surface area contributed by atoms with Crippen molar-refractivity contribution in [2.24, 2.45) is 7.05 Å². The molecule has 0 saturated heterocycles. The molecule has 3 rings (SSSR count). The zero-order valence-corrected chi connectivity index (χ0v) is 15.0. The summed E-state index contributed by atoms with van der Waals surface area (Å²) < 4.78 is 50.2. The fourth-order valence-electron chi connectivity index (χ4n) is 2.91. The van der Waals surface area contributed by atoms with Gasteiger partial charge in [0.25, 0.3) is 12.3 Å². The number of aromatic nitrogens is 2. The number of anilines is 1. The molecule has 1 amide bonds. The number of aryl methyl sites for hydroxylation is 1. The molecule has 8 nitrogen and oxygen atoms in total. The summed E-state index contributed by atoms with van der Waals surface area (Å²) in [5.41, 5.74) is 0.490. The third kappa shape index (κ3) is 3.63. The number of aliphatic hydroxyl groups excluding tert-OH is 1. The maximum absolute atomic E-state index is 12.8. The minimum atomic E-state index is -3.45. The van der Waals surface area contributed by atoms with Crippen LogP contribution >= 0.6 is 0 Å². The maximum Gasteiger partial charge on any atom is 0.280 e. The molecule has 0 fully saturated rings. The number of hydrogen-bond donors (Lipinski definition) is 4. The fourth-order valence-corrected chi connectivity index (χ4v) is 4.40. The van der Waals surface area contributed by atoms with E-state index in [1.165, 1.54) is 23.0 Å². The van der Waals surface area contributed by atoms with Crippen molar-refractivity contribution >= 4 is 21.5 Å². The van der Waals surface area contributed by atoms with Crippen molar-refractivity contribution in [3.05, 3.63) is 53.4 Å². The van der Waals surface area contributed by atoms with E-state index in [1.54, 1.807) is 7.05 Å². The van der Waals surface area contributed by atoms with Crippen molar-refractivity contribution in [2.75, 3.05) is 5.32 Å². The van der Waals surface area contributed by atoms with Crippen LogP contribution in [-0.2, 0) is 23.4 Å². The molecule has 1 atom stereocenters. The molecule has 1 aliphatic rings. The lowest BCUT2D eigenvalue weighted by atomic mass is 10.1. The molecule has 0 spiro atoms. The van der Waals surface area contributed by atoms with Gasteiger partial charge in [0.05, 0.1) is 16.9 Å². The van der Waals surface area contributed by atoms with Gasteiger partial charge in [0.15, 0.2) is 9.92 Å². The first-order chi connectivity index (χ1) is 12.7. The van der Waals surface area contributed by atoms with Crippen LogP contribution in [0.1, 0.15) is 34.6 Å². The number of nitrogens with one attached hydrogen (secondary N) is 3. The molecule has 144 valence electrons. The van der Waals surface area contributed by atoms with E-state index in [1.807, 2.05) is 0 Å². The Morgan fingerprint density at radius 3 is 2.93 bits per heavy atom. The van der Waals surface area contributed by atoms with Crippen LogP contribution in [0.15, 0.2) is 41.4 Å². The Morgan fingerprint density at radius 2 is 2.26 bits per heavy atom. The van der Waals surface area contributed by atoms with Gasteiger partial charge in [-0.25, -0.2) is 17.8 Å². The first kappa shape index (κ1) is 18.8. The first-order valence-corrected chi connectivity index (χ1v) is 9.42. The average Bonchev–Trinajstić information content (AvgIpc) is 2.90. The van der Waals surface area contributed by atoms with E-state index in [4.69, 9.17) is 4.78 Å². The molecule has 0 aromatic carbocycles. The number of allylic oxidation sites excluding steroid dienone is 1. The van der Waals surface area contributed by atoms with Crippen LogP contribution in [0.5, 0.6) is 0 Å². The summed E-state index contributed by atoms with van der Waals surface area (Å²) in [6.07, 6.45) is 1.10. The molecule has 11 heteroatoms. The van der Waals surface area contributed by atoms with Gasteiger partial charge in [0.2, 0.25) is 0 Å². The number of pyridine rings is 1. The minimum Gasteiger partial charge on any atom is -0.514 e. The van der Waals surface area contributed by atoms with E-state index in [2.05, 4.69) is 15.0 Å². The summed E-state index contributed by atoms with van der Waals surface area (Å²) in [5, 5.41) is 11.7. The lowest BCUT2D eigenvalue weighted by molar-refractivity contribution is 0.101. The van der Waals surface area contributed by atoms with Gasteiger partial charge in [-0.2, -0.15) is 0 Å². The number of hydrogen-bond acceptors (Lipinski definition) is 5. The minimum absolute atomic E-state index is 0.148. The van der Waals surface area contributed by atoms with Crippen molar-refractivity contribution in [1.29, 1.82) is 4.78 Å². The third-order valence-corrected chi connectivity index (χ3v) is 5.63. The van der Waals surface area contributed by atoms with E-state index in [9.17, 15) is 22.9 Å². The van der Waals surface area contributed by atoms with E-state index in [-0.39, 0.29) is 34.8 Å². The standard InChI is InChI=1S/C16H17F2N5O3S/c1-23-7-13-11(3-2-10(8-24)22-27(13,19)26)14(23)16(25)21-9-4-5-20-12(6-9)15(17)18/h4-8,15,24H,2-3H2,1H3,(H2,19,22,26)(H,20,21,25)/b10-8-. The van der Waals surface area contributed by atoms with Gasteiger partial charge >= 0.3 is 0 Å². The Bertz CT molecular complexity index is 1030. The molecule has 0 radical (unpaired) electrons. The second kappa shape index (κ2) is 6.99. The van der Waals surface area contributed by atoms with Gasteiger partial charge in [0.1, 0.15) is 11.4 Å². The number of carbonyl (C=O) groups is 1. The molecule has 0 saturated carbocycles. The Hall–Kier alpha value is -2.95. The zero-order chi connectivity index (χ0) is 19.8. The summed E-state index contributed by atoms with van der Waals surface area (Å²) in [6, 6.07) is 2.46. The van der Waals surface area contributed by atoms with Crippen LogP contribution in [0.3, 0.4) is 0 Å². The third-order valence-electron chi connectivity index (χ3n) is 4.11. The van der Waals surface area contributed by atoms with Gasteiger partial charge in [-0.1, -0.05) is 0 Å². The summed E-state index contributed by atoms with van der Waals surface area (Å²) in [6.45, 7) is 0. The smallest absolute Gasteiger partial charge is 0.280 e. The zero-order valence-electron chi connectivity index (χ0n) is 14.2. The molecule has 0 aliphatic carbocycles. The normalized spacial score (nSPS) is 20.8. The molecule has 1 aliphatic heterocycles. The van der Waals surface area contributed by atoms with Crippen molar-refractivity contribution in [3.8, 4) is 0 Å². The van der Waals surface area contributed by atoms with Crippen LogP contribution < -0.4 is 10.0 Å². The molecule has 27 heavy (non-hydrogen) atoms. The highest BCUT2D eigenvalue weighted by Gasteiger charge is 2.29. The number of halogens is 2. The van der Waals surface area contributed by atoms with Crippen molar-refractivity contribution in [1.82, 2.24) is 14.3 Å². The topological polar surface area (TPSA) is 120 Å². The van der Waals surface area contributed by atoms with Gasteiger partial charge < -0.3 is 15.0 Å². The number of rotatable bonds is 3. The summed E-state index contributed by atoms with van der Waals surface area (Å²) in [5.74, 6) is -0.586. The monoisotopic (exact) mass is 397 g/mol. The molecular weight excluding hydrogens is 380 g/mol. The molecule has 2 aromatic heterocycles. The Morgan fingerprint density at radius 1 is 1.52 bits per heavy atom. The van der Waals surface area contributed by atoms with Crippen LogP contribution in [-0.4, -0.2) is 24.8 Å². The number of fused-ring (bicyclic) bond motifs is 1. The van der Waals surface area contributed by atoms with E-state index < -0.39 is 27.9 Å². The second-order valence-electron chi connectivity index (χ2n) is 5.97. The van der Waals surface area contributed by atoms with Crippen LogP contribution in [0, 0.1) is 4.78 Å².